The molecule has 2 atom stereocenters. The fourth-order valence-electron chi connectivity index (χ4n) is 4.18. The molecule has 2 fully saturated rings. The molecule has 7 nitrogen and oxygen atoms in total. The average Bonchev–Trinajstić information content (AvgIpc) is 2.92. The van der Waals surface area contributed by atoms with Gasteiger partial charge in [0, 0.05) is 44.7 Å². The number of ether oxygens (including phenoxy) is 1. The fourth-order valence-corrected chi connectivity index (χ4v) is 5.71. The lowest BCUT2D eigenvalue weighted by Crippen LogP contribution is -2.65. The summed E-state index contributed by atoms with van der Waals surface area (Å²) in [5, 5.41) is 6.78. The molecule has 2 aliphatic rings. The van der Waals surface area contributed by atoms with Gasteiger partial charge in [-0.1, -0.05) is 13.8 Å². The van der Waals surface area contributed by atoms with Crippen LogP contribution in [0.2, 0.25) is 0 Å². The van der Waals surface area contributed by atoms with E-state index in [4.69, 9.17) is 4.74 Å². The summed E-state index contributed by atoms with van der Waals surface area (Å²) in [6.45, 7) is 8.91. The molecule has 1 saturated carbocycles. The Morgan fingerprint density at radius 2 is 2.00 bits per heavy atom. The van der Waals surface area contributed by atoms with Crippen LogP contribution in [0.4, 0.5) is 0 Å². The maximum atomic E-state index is 11.8. The molecule has 9 heteroatoms. The normalized spacial score (nSPS) is 27.5. The van der Waals surface area contributed by atoms with Gasteiger partial charge in [0.15, 0.2) is 5.96 Å². The van der Waals surface area contributed by atoms with Crippen molar-refractivity contribution in [2.75, 3.05) is 39.0 Å². The highest BCUT2D eigenvalue weighted by Gasteiger charge is 2.53. The summed E-state index contributed by atoms with van der Waals surface area (Å²) >= 11 is 0. The molecule has 2 N–H and O–H groups in total. The third-order valence-corrected chi connectivity index (χ3v) is 7.82. The van der Waals surface area contributed by atoms with Gasteiger partial charge in [-0.25, -0.2) is 12.7 Å². The highest BCUT2D eigenvalue weighted by molar-refractivity contribution is 14.0. The molecule has 1 saturated heterocycles. The third-order valence-electron chi connectivity index (χ3n) is 5.86. The van der Waals surface area contributed by atoms with Crippen molar-refractivity contribution in [1.29, 1.82) is 0 Å². The number of nitrogens with one attached hydrogen (secondary N) is 2. The molecule has 2 rings (SSSR count). The Bertz CT molecular complexity index is 566. The topological polar surface area (TPSA) is 83.0 Å². The Morgan fingerprint density at radius 1 is 1.31 bits per heavy atom. The number of guanidine groups is 1. The third kappa shape index (κ3) is 5.02. The summed E-state index contributed by atoms with van der Waals surface area (Å²) in [6.07, 6.45) is 4.14. The van der Waals surface area contributed by atoms with E-state index in [0.717, 1.165) is 38.2 Å². The van der Waals surface area contributed by atoms with Crippen LogP contribution in [0.15, 0.2) is 4.99 Å². The Hall–Kier alpha value is -0.130. The Kier molecular flexibility index (Phi) is 9.59. The molecule has 0 aromatic heterocycles. The summed E-state index contributed by atoms with van der Waals surface area (Å²) < 4.78 is 31.2. The monoisotopic (exact) mass is 502 g/mol. The number of nitrogens with zero attached hydrogens (tertiary/aromatic N) is 2. The molecule has 0 aromatic carbocycles. The summed E-state index contributed by atoms with van der Waals surface area (Å²) in [5.74, 6) is 1.01. The molecule has 1 aliphatic heterocycles. The number of halogens is 1. The van der Waals surface area contributed by atoms with Crippen molar-refractivity contribution in [2.24, 2.45) is 10.4 Å². The van der Waals surface area contributed by atoms with Gasteiger partial charge < -0.3 is 15.4 Å². The molecule has 0 aromatic rings. The smallest absolute Gasteiger partial charge is 0.214 e. The molecule has 0 spiro atoms. The average molecular weight is 502 g/mol. The van der Waals surface area contributed by atoms with E-state index >= 15 is 0 Å². The van der Waals surface area contributed by atoms with Crippen LogP contribution in [0.25, 0.3) is 0 Å². The first-order chi connectivity index (χ1) is 11.9. The van der Waals surface area contributed by atoms with Crippen molar-refractivity contribution in [3.8, 4) is 0 Å². The number of aliphatic imine (C=N–C) groups is 1. The largest absolute Gasteiger partial charge is 0.378 e. The molecular weight excluding hydrogens is 467 g/mol. The Labute approximate surface area is 175 Å². The van der Waals surface area contributed by atoms with E-state index in [1.807, 2.05) is 6.92 Å². The zero-order valence-electron chi connectivity index (χ0n) is 16.5. The standard InChI is InChI=1S/C17H34N4O3S.HI/c1-5-17(6-2)14(13-15(17)24-7-3)20-16(18-4)19-9-11-21-10-8-12-25(21,22)23;/h14-15H,5-13H2,1-4H3,(H2,18,19,20);1H. The lowest BCUT2D eigenvalue weighted by atomic mass is 9.58. The molecule has 2 unspecified atom stereocenters. The van der Waals surface area contributed by atoms with Crippen molar-refractivity contribution >= 4 is 40.0 Å². The van der Waals surface area contributed by atoms with E-state index in [2.05, 4.69) is 29.5 Å². The van der Waals surface area contributed by atoms with Gasteiger partial charge in [-0.15, -0.1) is 24.0 Å². The highest BCUT2D eigenvalue weighted by atomic mass is 127. The minimum Gasteiger partial charge on any atom is -0.378 e. The minimum absolute atomic E-state index is 0. The van der Waals surface area contributed by atoms with Gasteiger partial charge in [-0.2, -0.15) is 0 Å². The molecule has 1 heterocycles. The molecule has 1 aliphatic carbocycles. The van der Waals surface area contributed by atoms with E-state index < -0.39 is 10.0 Å². The van der Waals surface area contributed by atoms with Gasteiger partial charge >= 0.3 is 0 Å². The Morgan fingerprint density at radius 3 is 2.50 bits per heavy atom. The molecule has 0 amide bonds. The predicted molar refractivity (Wildman–Crippen MR) is 117 cm³/mol. The zero-order chi connectivity index (χ0) is 18.5. The number of sulfonamides is 1. The van der Waals surface area contributed by atoms with Gasteiger partial charge in [0.05, 0.1) is 11.9 Å². The molecule has 0 bridgehead atoms. The maximum absolute atomic E-state index is 11.8. The van der Waals surface area contributed by atoms with Gasteiger partial charge in [-0.05, 0) is 32.6 Å². The molecule has 0 radical (unpaired) electrons. The summed E-state index contributed by atoms with van der Waals surface area (Å²) in [7, 11) is -1.28. The summed E-state index contributed by atoms with van der Waals surface area (Å²) in [4.78, 5) is 4.30. The van der Waals surface area contributed by atoms with Crippen LogP contribution in [0.5, 0.6) is 0 Å². The number of hydrogen-bond donors (Lipinski definition) is 2. The van der Waals surface area contributed by atoms with Crippen molar-refractivity contribution in [1.82, 2.24) is 14.9 Å². The summed E-state index contributed by atoms with van der Waals surface area (Å²) in [6, 6.07) is 0.334. The van der Waals surface area contributed by atoms with Gasteiger partial charge in [0.25, 0.3) is 0 Å². The first-order valence-electron chi connectivity index (χ1n) is 9.50. The lowest BCUT2D eigenvalue weighted by molar-refractivity contribution is -0.133. The van der Waals surface area contributed by atoms with Crippen LogP contribution in [-0.4, -0.2) is 69.9 Å². The minimum atomic E-state index is -3.03. The molecular formula is C17H35IN4O3S. The van der Waals surface area contributed by atoms with E-state index in [0.29, 0.717) is 31.8 Å². The molecule has 26 heavy (non-hydrogen) atoms. The van der Waals surface area contributed by atoms with Crippen molar-refractivity contribution in [3.05, 3.63) is 0 Å². The first kappa shape index (κ1) is 23.9. The fraction of sp³-hybridized carbons (Fsp3) is 0.941. The van der Waals surface area contributed by atoms with E-state index in [1.165, 1.54) is 0 Å². The lowest BCUT2D eigenvalue weighted by Gasteiger charge is -2.55. The van der Waals surface area contributed by atoms with Crippen LogP contribution in [0, 0.1) is 5.41 Å². The van der Waals surface area contributed by atoms with Crippen molar-refractivity contribution in [2.45, 2.75) is 58.6 Å². The van der Waals surface area contributed by atoms with Crippen LogP contribution in [0.1, 0.15) is 46.5 Å². The number of hydrogen-bond acceptors (Lipinski definition) is 4. The first-order valence-corrected chi connectivity index (χ1v) is 11.1. The van der Waals surface area contributed by atoms with Crippen LogP contribution in [0.3, 0.4) is 0 Å². The van der Waals surface area contributed by atoms with Gasteiger partial charge in [0.2, 0.25) is 10.0 Å². The quantitative estimate of drug-likeness (QED) is 0.301. The van der Waals surface area contributed by atoms with Gasteiger partial charge in [-0.3, -0.25) is 4.99 Å². The summed E-state index contributed by atoms with van der Waals surface area (Å²) in [5.41, 5.74) is 0.145. The van der Waals surface area contributed by atoms with Crippen molar-refractivity contribution < 1.29 is 13.2 Å². The maximum Gasteiger partial charge on any atom is 0.214 e. The van der Waals surface area contributed by atoms with Crippen LogP contribution in [-0.2, 0) is 14.8 Å². The molecule has 154 valence electrons. The van der Waals surface area contributed by atoms with Crippen LogP contribution < -0.4 is 10.6 Å². The Balaban J connectivity index is 0.00000338. The van der Waals surface area contributed by atoms with Gasteiger partial charge in [0.1, 0.15) is 0 Å². The zero-order valence-corrected chi connectivity index (χ0v) is 19.6. The second kappa shape index (κ2) is 10.4. The van der Waals surface area contributed by atoms with E-state index in [-0.39, 0.29) is 35.1 Å². The van der Waals surface area contributed by atoms with E-state index in [1.54, 1.807) is 11.4 Å². The highest BCUT2D eigenvalue weighted by Crippen LogP contribution is 2.48. The van der Waals surface area contributed by atoms with Crippen LogP contribution >= 0.6 is 24.0 Å². The second-order valence-corrected chi connectivity index (χ2v) is 8.97. The van der Waals surface area contributed by atoms with E-state index in [9.17, 15) is 8.42 Å². The van der Waals surface area contributed by atoms with Crippen molar-refractivity contribution in [3.63, 3.8) is 0 Å². The number of rotatable bonds is 8. The SMILES string of the molecule is CCOC1CC(NC(=NC)NCCN2CCCS2(=O)=O)C1(CC)CC.I. The second-order valence-electron chi connectivity index (χ2n) is 6.88. The predicted octanol–water partition coefficient (Wildman–Crippen LogP) is 1.79.